The molecule has 1 fully saturated rings. The maximum Gasteiger partial charge on any atom is 0.256 e. The number of nitrogens with one attached hydrogen (secondary N) is 2. The van der Waals surface area contributed by atoms with Crippen molar-refractivity contribution in [1.29, 1.82) is 0 Å². The monoisotopic (exact) mass is 379 g/mol. The van der Waals surface area contributed by atoms with E-state index in [-0.39, 0.29) is 24.1 Å². The SMILES string of the molecule is CCCCc1ccc(N2C(=O)CC(Nc3ccc(NC(C)=O)cc3)C2=O)cc1. The van der Waals surface area contributed by atoms with Crippen molar-refractivity contribution in [2.24, 2.45) is 0 Å². The normalized spacial score (nSPS) is 16.4. The Bertz CT molecular complexity index is 860. The highest BCUT2D eigenvalue weighted by molar-refractivity contribution is 6.23. The number of rotatable bonds is 7. The Balaban J connectivity index is 1.67. The fourth-order valence-corrected chi connectivity index (χ4v) is 3.26. The zero-order valence-electron chi connectivity index (χ0n) is 16.2. The maximum absolute atomic E-state index is 12.8. The zero-order valence-corrected chi connectivity index (χ0v) is 16.2. The molecule has 1 atom stereocenters. The highest BCUT2D eigenvalue weighted by atomic mass is 16.2. The number of aryl methyl sites for hydroxylation is 1. The Kier molecular flexibility index (Phi) is 6.09. The van der Waals surface area contributed by atoms with Gasteiger partial charge in [-0.25, -0.2) is 4.90 Å². The van der Waals surface area contributed by atoms with Gasteiger partial charge in [-0.2, -0.15) is 0 Å². The largest absolute Gasteiger partial charge is 0.373 e. The molecular weight excluding hydrogens is 354 g/mol. The first kappa shape index (κ1) is 19.6. The molecule has 6 heteroatoms. The number of unbranched alkanes of at least 4 members (excludes halogenated alkanes) is 1. The molecule has 6 nitrogen and oxygen atoms in total. The number of anilines is 3. The zero-order chi connectivity index (χ0) is 20.1. The molecule has 1 heterocycles. The minimum absolute atomic E-state index is 0.115. The first-order valence-corrected chi connectivity index (χ1v) is 9.58. The van der Waals surface area contributed by atoms with Gasteiger partial charge in [0, 0.05) is 18.3 Å². The van der Waals surface area contributed by atoms with Crippen LogP contribution in [0.1, 0.15) is 38.7 Å². The summed E-state index contributed by atoms with van der Waals surface area (Å²) >= 11 is 0. The van der Waals surface area contributed by atoms with Gasteiger partial charge in [0.2, 0.25) is 11.8 Å². The van der Waals surface area contributed by atoms with Gasteiger partial charge in [-0.05, 0) is 54.8 Å². The second-order valence-corrected chi connectivity index (χ2v) is 7.00. The first-order valence-electron chi connectivity index (χ1n) is 9.58. The molecule has 1 saturated heterocycles. The lowest BCUT2D eigenvalue weighted by molar-refractivity contribution is -0.121. The lowest BCUT2D eigenvalue weighted by atomic mass is 10.1. The van der Waals surface area contributed by atoms with E-state index >= 15 is 0 Å². The van der Waals surface area contributed by atoms with E-state index in [1.807, 2.05) is 24.3 Å². The Labute approximate surface area is 164 Å². The van der Waals surface area contributed by atoms with Crippen LogP contribution < -0.4 is 15.5 Å². The highest BCUT2D eigenvalue weighted by Crippen LogP contribution is 2.26. The van der Waals surface area contributed by atoms with E-state index in [2.05, 4.69) is 17.6 Å². The number of benzene rings is 2. The van der Waals surface area contributed by atoms with Crippen molar-refractivity contribution >= 4 is 34.8 Å². The molecule has 0 aliphatic carbocycles. The van der Waals surface area contributed by atoms with Crippen LogP contribution in [0.4, 0.5) is 17.1 Å². The van der Waals surface area contributed by atoms with Crippen LogP contribution >= 0.6 is 0 Å². The van der Waals surface area contributed by atoms with Crippen LogP contribution in [0.15, 0.2) is 48.5 Å². The molecule has 2 aromatic rings. The van der Waals surface area contributed by atoms with Crippen LogP contribution in [0.3, 0.4) is 0 Å². The quantitative estimate of drug-likeness (QED) is 0.719. The molecule has 146 valence electrons. The summed E-state index contributed by atoms with van der Waals surface area (Å²) in [6, 6.07) is 14.1. The summed E-state index contributed by atoms with van der Waals surface area (Å²) in [6.07, 6.45) is 3.36. The molecule has 2 N–H and O–H groups in total. The van der Waals surface area contributed by atoms with Crippen molar-refractivity contribution in [3.63, 3.8) is 0 Å². The van der Waals surface area contributed by atoms with Crippen LogP contribution in [-0.4, -0.2) is 23.8 Å². The van der Waals surface area contributed by atoms with E-state index in [1.54, 1.807) is 24.3 Å². The molecule has 1 unspecified atom stereocenters. The van der Waals surface area contributed by atoms with Crippen molar-refractivity contribution in [3.05, 3.63) is 54.1 Å². The number of carbonyl (C=O) groups excluding carboxylic acids is 3. The molecule has 2 aromatic carbocycles. The van der Waals surface area contributed by atoms with E-state index in [0.717, 1.165) is 24.9 Å². The molecule has 0 saturated carbocycles. The summed E-state index contributed by atoms with van der Waals surface area (Å²) in [4.78, 5) is 37.6. The lowest BCUT2D eigenvalue weighted by Gasteiger charge is -2.17. The summed E-state index contributed by atoms with van der Waals surface area (Å²) in [5, 5.41) is 5.81. The second-order valence-electron chi connectivity index (χ2n) is 7.00. The van der Waals surface area contributed by atoms with Gasteiger partial charge in [0.05, 0.1) is 12.1 Å². The molecule has 28 heavy (non-hydrogen) atoms. The Hall–Kier alpha value is -3.15. The predicted octanol–water partition coefficient (Wildman–Crippen LogP) is 3.73. The summed E-state index contributed by atoms with van der Waals surface area (Å²) in [6.45, 7) is 3.59. The van der Waals surface area contributed by atoms with Crippen LogP contribution in [0.2, 0.25) is 0 Å². The van der Waals surface area contributed by atoms with Crippen molar-refractivity contribution in [3.8, 4) is 0 Å². The summed E-state index contributed by atoms with van der Waals surface area (Å²) in [5.41, 5.74) is 3.22. The number of nitrogens with zero attached hydrogens (tertiary/aromatic N) is 1. The molecule has 0 spiro atoms. The Morgan fingerprint density at radius 3 is 2.29 bits per heavy atom. The first-order chi connectivity index (χ1) is 13.5. The fraction of sp³-hybridized carbons (Fsp3) is 0.318. The van der Waals surface area contributed by atoms with Gasteiger partial charge in [-0.1, -0.05) is 25.5 Å². The van der Waals surface area contributed by atoms with Gasteiger partial charge in [0.1, 0.15) is 6.04 Å². The number of hydrogen-bond donors (Lipinski definition) is 2. The molecular formula is C22H25N3O3. The molecule has 1 aliphatic rings. The minimum atomic E-state index is -0.598. The predicted molar refractivity (Wildman–Crippen MR) is 110 cm³/mol. The standard InChI is InChI=1S/C22H25N3O3/c1-3-4-5-16-6-12-19(13-7-16)25-21(27)14-20(22(25)28)24-18-10-8-17(9-11-18)23-15(2)26/h6-13,20,24H,3-5,14H2,1-2H3,(H,23,26). The Morgan fingerprint density at radius 2 is 1.68 bits per heavy atom. The van der Waals surface area contributed by atoms with Gasteiger partial charge in [-0.3, -0.25) is 14.4 Å². The molecule has 0 radical (unpaired) electrons. The van der Waals surface area contributed by atoms with Crippen LogP contribution in [-0.2, 0) is 20.8 Å². The third-order valence-electron chi connectivity index (χ3n) is 4.71. The fourth-order valence-electron chi connectivity index (χ4n) is 3.26. The van der Waals surface area contributed by atoms with Gasteiger partial charge in [-0.15, -0.1) is 0 Å². The van der Waals surface area contributed by atoms with E-state index < -0.39 is 6.04 Å². The van der Waals surface area contributed by atoms with Gasteiger partial charge in [0.25, 0.3) is 5.91 Å². The minimum Gasteiger partial charge on any atom is -0.373 e. The van der Waals surface area contributed by atoms with Crippen LogP contribution in [0.25, 0.3) is 0 Å². The van der Waals surface area contributed by atoms with Crippen LogP contribution in [0.5, 0.6) is 0 Å². The topological polar surface area (TPSA) is 78.5 Å². The van der Waals surface area contributed by atoms with Crippen LogP contribution in [0, 0.1) is 0 Å². The maximum atomic E-state index is 12.8. The second kappa shape index (κ2) is 8.69. The van der Waals surface area contributed by atoms with Gasteiger partial charge >= 0.3 is 0 Å². The summed E-state index contributed by atoms with van der Waals surface area (Å²) in [5.74, 6) is -0.607. The van der Waals surface area contributed by atoms with E-state index in [4.69, 9.17) is 0 Å². The number of carbonyl (C=O) groups is 3. The molecule has 1 aliphatic heterocycles. The van der Waals surface area contributed by atoms with Gasteiger partial charge in [0.15, 0.2) is 0 Å². The average molecular weight is 379 g/mol. The van der Waals surface area contributed by atoms with E-state index in [9.17, 15) is 14.4 Å². The van der Waals surface area contributed by atoms with Crippen molar-refractivity contribution in [2.45, 2.75) is 45.6 Å². The number of amides is 3. The summed E-state index contributed by atoms with van der Waals surface area (Å²) < 4.78 is 0. The van der Waals surface area contributed by atoms with E-state index in [1.165, 1.54) is 17.4 Å². The Morgan fingerprint density at radius 1 is 1.04 bits per heavy atom. The van der Waals surface area contributed by atoms with Gasteiger partial charge < -0.3 is 10.6 Å². The molecule has 3 rings (SSSR count). The number of hydrogen-bond acceptors (Lipinski definition) is 4. The third-order valence-corrected chi connectivity index (χ3v) is 4.71. The lowest BCUT2D eigenvalue weighted by Crippen LogP contribution is -2.34. The third kappa shape index (κ3) is 4.57. The highest BCUT2D eigenvalue weighted by Gasteiger charge is 2.39. The van der Waals surface area contributed by atoms with Crippen molar-refractivity contribution in [2.75, 3.05) is 15.5 Å². The smallest absolute Gasteiger partial charge is 0.256 e. The summed E-state index contributed by atoms with van der Waals surface area (Å²) in [7, 11) is 0. The molecule has 0 bridgehead atoms. The average Bonchev–Trinajstić information content (AvgIpc) is 2.95. The molecule has 3 amide bonds. The number of imide groups is 1. The van der Waals surface area contributed by atoms with E-state index in [0.29, 0.717) is 11.4 Å². The molecule has 0 aromatic heterocycles. The van der Waals surface area contributed by atoms with Crippen molar-refractivity contribution in [1.82, 2.24) is 0 Å². The van der Waals surface area contributed by atoms with Crippen molar-refractivity contribution < 1.29 is 14.4 Å².